The van der Waals surface area contributed by atoms with Crippen molar-refractivity contribution in [2.75, 3.05) is 13.7 Å². The highest BCUT2D eigenvalue weighted by molar-refractivity contribution is 5.97. The highest BCUT2D eigenvalue weighted by Gasteiger charge is 2.20. The van der Waals surface area contributed by atoms with E-state index in [4.69, 9.17) is 4.74 Å². The van der Waals surface area contributed by atoms with Crippen LogP contribution in [0.25, 0.3) is 0 Å². The van der Waals surface area contributed by atoms with Gasteiger partial charge in [-0.1, -0.05) is 36.4 Å². The van der Waals surface area contributed by atoms with Crippen molar-refractivity contribution in [3.63, 3.8) is 0 Å². The smallest absolute Gasteiger partial charge is 0.252 e. The first-order chi connectivity index (χ1) is 11.6. The third-order valence-electron chi connectivity index (χ3n) is 3.45. The molecule has 0 spiro atoms. The molecule has 0 fully saturated rings. The van der Waals surface area contributed by atoms with Crippen molar-refractivity contribution in [1.82, 2.24) is 10.6 Å². The molecule has 24 heavy (non-hydrogen) atoms. The number of nitrogens with one attached hydrogen (secondary N) is 2. The highest BCUT2D eigenvalue weighted by Crippen LogP contribution is 2.12. The van der Waals surface area contributed by atoms with Crippen LogP contribution in [0.2, 0.25) is 0 Å². The minimum absolute atomic E-state index is 0.325. The van der Waals surface area contributed by atoms with Crippen LogP contribution in [0.15, 0.2) is 54.6 Å². The van der Waals surface area contributed by atoms with E-state index in [0.29, 0.717) is 17.9 Å². The molecular formula is C18H20N2O4. The van der Waals surface area contributed by atoms with Crippen molar-refractivity contribution in [1.29, 1.82) is 0 Å². The summed E-state index contributed by atoms with van der Waals surface area (Å²) in [4.78, 5) is 24.3. The Morgan fingerprint density at radius 1 is 1.12 bits per heavy atom. The first-order valence-corrected chi connectivity index (χ1v) is 7.51. The molecule has 1 unspecified atom stereocenters. The molecule has 0 aliphatic carbocycles. The lowest BCUT2D eigenvalue weighted by atomic mass is 10.1. The molecule has 6 heteroatoms. The van der Waals surface area contributed by atoms with Crippen LogP contribution in [0.4, 0.5) is 0 Å². The van der Waals surface area contributed by atoms with Crippen LogP contribution in [0.5, 0.6) is 5.75 Å². The van der Waals surface area contributed by atoms with E-state index in [2.05, 4.69) is 10.6 Å². The van der Waals surface area contributed by atoms with Crippen molar-refractivity contribution < 1.29 is 19.4 Å². The van der Waals surface area contributed by atoms with Gasteiger partial charge in [-0.2, -0.15) is 0 Å². The Hall–Kier alpha value is -2.86. The normalized spacial score (nSPS) is 11.4. The predicted molar refractivity (Wildman–Crippen MR) is 89.6 cm³/mol. The zero-order valence-corrected chi connectivity index (χ0v) is 13.4. The van der Waals surface area contributed by atoms with Gasteiger partial charge in [0, 0.05) is 12.1 Å². The molecule has 0 aliphatic rings. The molecule has 0 heterocycles. The number of benzene rings is 2. The summed E-state index contributed by atoms with van der Waals surface area (Å²) in [6, 6.07) is 14.9. The Morgan fingerprint density at radius 2 is 1.88 bits per heavy atom. The molecule has 3 N–H and O–H groups in total. The van der Waals surface area contributed by atoms with E-state index in [1.54, 1.807) is 24.3 Å². The summed E-state index contributed by atoms with van der Waals surface area (Å²) in [6.45, 7) is -0.165. The molecule has 0 aromatic heterocycles. The zero-order chi connectivity index (χ0) is 17.4. The summed E-state index contributed by atoms with van der Waals surface area (Å²) in [5.41, 5.74) is 1.28. The van der Waals surface area contributed by atoms with E-state index in [0.717, 1.165) is 5.56 Å². The number of rotatable bonds is 7. The van der Waals surface area contributed by atoms with Gasteiger partial charge >= 0.3 is 0 Å². The van der Waals surface area contributed by atoms with Gasteiger partial charge in [0.25, 0.3) is 5.91 Å². The van der Waals surface area contributed by atoms with E-state index in [1.807, 2.05) is 30.3 Å². The highest BCUT2D eigenvalue weighted by atomic mass is 16.5. The van der Waals surface area contributed by atoms with Crippen LogP contribution in [-0.4, -0.2) is 36.7 Å². The second-order valence-electron chi connectivity index (χ2n) is 5.14. The summed E-state index contributed by atoms with van der Waals surface area (Å²) < 4.78 is 5.06. The van der Waals surface area contributed by atoms with Gasteiger partial charge in [0.15, 0.2) is 0 Å². The second-order valence-corrected chi connectivity index (χ2v) is 5.14. The van der Waals surface area contributed by atoms with Gasteiger partial charge in [0.05, 0.1) is 13.7 Å². The quantitative estimate of drug-likeness (QED) is 0.710. The third-order valence-corrected chi connectivity index (χ3v) is 3.45. The maximum atomic E-state index is 12.2. The van der Waals surface area contributed by atoms with Crippen molar-refractivity contribution in [3.8, 4) is 5.75 Å². The predicted octanol–water partition coefficient (Wildman–Crippen LogP) is 1.10. The number of aliphatic hydroxyl groups excluding tert-OH is 1. The minimum atomic E-state index is -1.02. The Morgan fingerprint density at radius 3 is 2.54 bits per heavy atom. The molecule has 6 nitrogen and oxygen atoms in total. The summed E-state index contributed by atoms with van der Waals surface area (Å²) in [5.74, 6) is -0.364. The Kier molecular flexibility index (Phi) is 6.33. The Bertz CT molecular complexity index is 688. The first-order valence-electron chi connectivity index (χ1n) is 7.51. The summed E-state index contributed by atoms with van der Waals surface area (Å²) in [5, 5.41) is 14.6. The lowest BCUT2D eigenvalue weighted by molar-refractivity contribution is -0.124. The topological polar surface area (TPSA) is 87.7 Å². The van der Waals surface area contributed by atoms with E-state index in [-0.39, 0.29) is 0 Å². The molecule has 2 aromatic carbocycles. The van der Waals surface area contributed by atoms with Crippen molar-refractivity contribution in [2.45, 2.75) is 12.6 Å². The van der Waals surface area contributed by atoms with E-state index < -0.39 is 24.5 Å². The van der Waals surface area contributed by atoms with E-state index in [9.17, 15) is 14.7 Å². The van der Waals surface area contributed by atoms with Crippen molar-refractivity contribution in [3.05, 3.63) is 65.7 Å². The Balaban J connectivity index is 1.94. The number of ether oxygens (including phenoxy) is 1. The number of carbonyl (C=O) groups excluding carboxylic acids is 2. The first kappa shape index (κ1) is 17.5. The molecular weight excluding hydrogens is 308 g/mol. The maximum Gasteiger partial charge on any atom is 0.252 e. The number of hydrogen-bond acceptors (Lipinski definition) is 4. The lowest BCUT2D eigenvalue weighted by Crippen LogP contribution is -2.48. The SMILES string of the molecule is COc1cccc(C(=O)NC(CO)C(=O)NCc2ccccc2)c1. The van der Waals surface area contributed by atoms with E-state index in [1.165, 1.54) is 7.11 Å². The molecule has 0 saturated carbocycles. The van der Waals surface area contributed by atoms with Crippen molar-refractivity contribution in [2.24, 2.45) is 0 Å². The number of carbonyl (C=O) groups is 2. The number of amides is 2. The molecule has 0 radical (unpaired) electrons. The van der Waals surface area contributed by atoms with Crippen molar-refractivity contribution >= 4 is 11.8 Å². The van der Waals surface area contributed by atoms with Gasteiger partial charge in [-0.05, 0) is 23.8 Å². The van der Waals surface area contributed by atoms with Crippen LogP contribution >= 0.6 is 0 Å². The lowest BCUT2D eigenvalue weighted by Gasteiger charge is -2.16. The maximum absolute atomic E-state index is 12.2. The summed E-state index contributed by atoms with van der Waals surface area (Å²) in [7, 11) is 1.50. The molecule has 126 valence electrons. The fraction of sp³-hybridized carbons (Fsp3) is 0.222. The molecule has 2 amide bonds. The standard InChI is InChI=1S/C18H20N2O4/c1-24-15-9-5-8-14(10-15)17(22)20-16(12-21)18(23)19-11-13-6-3-2-4-7-13/h2-10,16,21H,11-12H2,1H3,(H,19,23)(H,20,22). The number of methoxy groups -OCH3 is 1. The van der Waals surface area contributed by atoms with Gasteiger partial charge in [-0.15, -0.1) is 0 Å². The van der Waals surface area contributed by atoms with Gasteiger partial charge < -0.3 is 20.5 Å². The molecule has 0 saturated heterocycles. The number of aliphatic hydroxyl groups is 1. The molecule has 0 aliphatic heterocycles. The third kappa shape index (κ3) is 4.82. The molecule has 2 aromatic rings. The molecule has 1 atom stereocenters. The van der Waals surface area contributed by atoms with Gasteiger partial charge in [-0.3, -0.25) is 9.59 Å². The van der Waals surface area contributed by atoms with Gasteiger partial charge in [-0.25, -0.2) is 0 Å². The largest absolute Gasteiger partial charge is 0.497 e. The summed E-state index contributed by atoms with van der Waals surface area (Å²) in [6.07, 6.45) is 0. The van der Waals surface area contributed by atoms with E-state index >= 15 is 0 Å². The zero-order valence-electron chi connectivity index (χ0n) is 13.4. The Labute approximate surface area is 140 Å². The van der Waals surface area contributed by atoms with Crippen LogP contribution < -0.4 is 15.4 Å². The van der Waals surface area contributed by atoms with Crippen LogP contribution in [0.3, 0.4) is 0 Å². The van der Waals surface area contributed by atoms with Crippen LogP contribution in [0, 0.1) is 0 Å². The number of hydrogen-bond donors (Lipinski definition) is 3. The average Bonchev–Trinajstić information content (AvgIpc) is 2.64. The average molecular weight is 328 g/mol. The fourth-order valence-corrected chi connectivity index (χ4v) is 2.11. The van der Waals surface area contributed by atoms with Gasteiger partial charge in [0.2, 0.25) is 5.91 Å². The van der Waals surface area contributed by atoms with Crippen LogP contribution in [-0.2, 0) is 11.3 Å². The monoisotopic (exact) mass is 328 g/mol. The minimum Gasteiger partial charge on any atom is -0.497 e. The van der Waals surface area contributed by atoms with Gasteiger partial charge in [0.1, 0.15) is 11.8 Å². The van der Waals surface area contributed by atoms with Crippen LogP contribution in [0.1, 0.15) is 15.9 Å². The summed E-state index contributed by atoms with van der Waals surface area (Å²) >= 11 is 0. The second kappa shape index (κ2) is 8.69. The molecule has 2 rings (SSSR count). The molecule has 0 bridgehead atoms. The fourth-order valence-electron chi connectivity index (χ4n) is 2.11.